The summed E-state index contributed by atoms with van der Waals surface area (Å²) < 4.78 is 5.39. The first-order chi connectivity index (χ1) is 13.0. The Balaban J connectivity index is 1.75. The summed E-state index contributed by atoms with van der Waals surface area (Å²) in [5.74, 6) is 1.34. The highest BCUT2D eigenvalue weighted by atomic mass is 16.5. The maximum Gasteiger partial charge on any atom is 0.255 e. The van der Waals surface area contributed by atoms with E-state index in [4.69, 9.17) is 4.74 Å². The number of hydrogen-bond acceptors (Lipinski definition) is 4. The van der Waals surface area contributed by atoms with Gasteiger partial charge in [-0.3, -0.25) is 4.79 Å². The maximum absolute atomic E-state index is 13.1. The minimum absolute atomic E-state index is 0.0352. The largest absolute Gasteiger partial charge is 0.378 e. The van der Waals surface area contributed by atoms with Crippen LogP contribution in [0.4, 0.5) is 5.82 Å². The molecule has 1 fully saturated rings. The summed E-state index contributed by atoms with van der Waals surface area (Å²) in [4.78, 5) is 21.8. The van der Waals surface area contributed by atoms with Gasteiger partial charge in [0.25, 0.3) is 5.91 Å². The summed E-state index contributed by atoms with van der Waals surface area (Å²) in [5, 5.41) is 0. The van der Waals surface area contributed by atoms with Gasteiger partial charge < -0.3 is 14.5 Å². The van der Waals surface area contributed by atoms with Crippen LogP contribution < -0.4 is 4.90 Å². The van der Waals surface area contributed by atoms with E-state index in [0.717, 1.165) is 38.7 Å². The molecule has 1 saturated heterocycles. The lowest BCUT2D eigenvalue weighted by molar-refractivity contribution is 0.0722. The molecule has 1 aromatic carbocycles. The highest BCUT2D eigenvalue weighted by Gasteiger charge is 2.19. The molecule has 2 heterocycles. The molecule has 27 heavy (non-hydrogen) atoms. The molecule has 0 atom stereocenters. The van der Waals surface area contributed by atoms with E-state index in [1.54, 1.807) is 6.20 Å². The van der Waals surface area contributed by atoms with E-state index in [2.05, 4.69) is 42.8 Å². The van der Waals surface area contributed by atoms with Gasteiger partial charge in [-0.05, 0) is 36.1 Å². The fourth-order valence-corrected chi connectivity index (χ4v) is 3.33. The van der Waals surface area contributed by atoms with Gasteiger partial charge in [0.2, 0.25) is 0 Å². The molecule has 5 heteroatoms. The smallest absolute Gasteiger partial charge is 0.255 e. The van der Waals surface area contributed by atoms with Crippen LogP contribution in [0, 0.1) is 12.8 Å². The first kappa shape index (κ1) is 19.4. The molecular weight excluding hydrogens is 338 g/mol. The lowest BCUT2D eigenvalue weighted by atomic mass is 10.1. The van der Waals surface area contributed by atoms with Crippen molar-refractivity contribution in [2.75, 3.05) is 37.7 Å². The molecule has 0 unspecified atom stereocenters. The zero-order valence-corrected chi connectivity index (χ0v) is 16.5. The maximum atomic E-state index is 13.1. The van der Waals surface area contributed by atoms with Crippen molar-refractivity contribution in [3.63, 3.8) is 0 Å². The number of pyridine rings is 1. The van der Waals surface area contributed by atoms with Gasteiger partial charge in [-0.25, -0.2) is 4.98 Å². The van der Waals surface area contributed by atoms with Crippen molar-refractivity contribution >= 4 is 11.7 Å². The standard InChI is InChI=1S/C22H29N3O2/c1-17(2)15-25(16-20-7-5-4-6-18(20)3)22(26)19-8-9-21(23-14-19)24-10-12-27-13-11-24/h4-9,14,17H,10-13,15-16H2,1-3H3. The molecule has 0 radical (unpaired) electrons. The van der Waals surface area contributed by atoms with Gasteiger partial charge in [0.15, 0.2) is 0 Å². The van der Waals surface area contributed by atoms with Gasteiger partial charge in [-0.1, -0.05) is 38.1 Å². The predicted octanol–water partition coefficient (Wildman–Crippen LogP) is 3.53. The molecule has 1 amide bonds. The van der Waals surface area contributed by atoms with Crippen LogP contribution in [-0.2, 0) is 11.3 Å². The fourth-order valence-electron chi connectivity index (χ4n) is 3.33. The van der Waals surface area contributed by atoms with Crippen LogP contribution in [0.5, 0.6) is 0 Å². The quantitative estimate of drug-likeness (QED) is 0.784. The Morgan fingerprint density at radius 2 is 1.93 bits per heavy atom. The Bertz CT molecular complexity index is 752. The molecule has 144 valence electrons. The monoisotopic (exact) mass is 367 g/mol. The molecule has 1 aliphatic heterocycles. The van der Waals surface area contributed by atoms with E-state index >= 15 is 0 Å². The third-order valence-electron chi connectivity index (χ3n) is 4.83. The van der Waals surface area contributed by atoms with E-state index in [0.29, 0.717) is 18.0 Å². The average Bonchev–Trinajstić information content (AvgIpc) is 2.69. The number of nitrogens with zero attached hydrogens (tertiary/aromatic N) is 3. The van der Waals surface area contributed by atoms with Crippen molar-refractivity contribution in [1.82, 2.24) is 9.88 Å². The molecule has 5 nitrogen and oxygen atoms in total. The van der Waals surface area contributed by atoms with Crippen LogP contribution in [-0.4, -0.2) is 48.6 Å². The molecule has 0 spiro atoms. The number of anilines is 1. The minimum Gasteiger partial charge on any atom is -0.378 e. The number of aromatic nitrogens is 1. The number of benzene rings is 1. The lowest BCUT2D eigenvalue weighted by Gasteiger charge is -2.28. The Labute approximate surface area is 162 Å². The van der Waals surface area contributed by atoms with Gasteiger partial charge in [-0.15, -0.1) is 0 Å². The Kier molecular flexibility index (Phi) is 6.45. The summed E-state index contributed by atoms with van der Waals surface area (Å²) in [5.41, 5.74) is 3.03. The summed E-state index contributed by atoms with van der Waals surface area (Å²) in [6, 6.07) is 12.1. The zero-order valence-electron chi connectivity index (χ0n) is 16.5. The van der Waals surface area contributed by atoms with Crippen LogP contribution in [0.2, 0.25) is 0 Å². The third kappa shape index (κ3) is 5.07. The van der Waals surface area contributed by atoms with Gasteiger partial charge in [0.05, 0.1) is 18.8 Å². The van der Waals surface area contributed by atoms with E-state index in [9.17, 15) is 4.79 Å². The number of rotatable bonds is 6. The highest BCUT2D eigenvalue weighted by molar-refractivity contribution is 5.94. The van der Waals surface area contributed by atoms with Gasteiger partial charge in [0.1, 0.15) is 5.82 Å². The molecule has 0 aliphatic carbocycles. The Hall–Kier alpha value is -2.40. The zero-order chi connectivity index (χ0) is 19.2. The number of aryl methyl sites for hydroxylation is 1. The average molecular weight is 367 g/mol. The molecule has 0 saturated carbocycles. The number of amides is 1. The summed E-state index contributed by atoms with van der Waals surface area (Å²) in [6.45, 7) is 10.8. The molecule has 1 aliphatic rings. The lowest BCUT2D eigenvalue weighted by Crippen LogP contribution is -2.37. The summed E-state index contributed by atoms with van der Waals surface area (Å²) >= 11 is 0. The van der Waals surface area contributed by atoms with Crippen molar-refractivity contribution < 1.29 is 9.53 Å². The van der Waals surface area contributed by atoms with E-state index < -0.39 is 0 Å². The second kappa shape index (κ2) is 9.00. The number of ether oxygens (including phenoxy) is 1. The van der Waals surface area contributed by atoms with E-state index in [1.807, 2.05) is 29.2 Å². The second-order valence-electron chi connectivity index (χ2n) is 7.51. The van der Waals surface area contributed by atoms with Crippen molar-refractivity contribution in [2.24, 2.45) is 5.92 Å². The third-order valence-corrected chi connectivity index (χ3v) is 4.83. The summed E-state index contributed by atoms with van der Waals surface area (Å²) in [6.07, 6.45) is 1.71. The van der Waals surface area contributed by atoms with Crippen molar-refractivity contribution in [3.8, 4) is 0 Å². The first-order valence-corrected chi connectivity index (χ1v) is 9.67. The van der Waals surface area contributed by atoms with Crippen molar-refractivity contribution in [1.29, 1.82) is 0 Å². The molecule has 1 aromatic heterocycles. The van der Waals surface area contributed by atoms with Crippen LogP contribution in [0.25, 0.3) is 0 Å². The molecular formula is C22H29N3O2. The van der Waals surface area contributed by atoms with Gasteiger partial charge in [-0.2, -0.15) is 0 Å². The van der Waals surface area contributed by atoms with Crippen LogP contribution >= 0.6 is 0 Å². The van der Waals surface area contributed by atoms with Crippen LogP contribution in [0.3, 0.4) is 0 Å². The molecule has 2 aromatic rings. The van der Waals surface area contributed by atoms with Crippen LogP contribution in [0.15, 0.2) is 42.6 Å². The SMILES string of the molecule is Cc1ccccc1CN(CC(C)C)C(=O)c1ccc(N2CCOCC2)nc1. The van der Waals surface area contributed by atoms with Gasteiger partial charge in [0, 0.05) is 32.4 Å². The highest BCUT2D eigenvalue weighted by Crippen LogP contribution is 2.17. The molecule has 3 rings (SSSR count). The van der Waals surface area contributed by atoms with E-state index in [-0.39, 0.29) is 5.91 Å². The first-order valence-electron chi connectivity index (χ1n) is 9.67. The minimum atomic E-state index is 0.0352. The molecule has 0 bridgehead atoms. The van der Waals surface area contributed by atoms with Crippen molar-refractivity contribution in [3.05, 3.63) is 59.3 Å². The predicted molar refractivity (Wildman–Crippen MR) is 108 cm³/mol. The number of morpholine rings is 1. The fraction of sp³-hybridized carbons (Fsp3) is 0.455. The Morgan fingerprint density at radius 1 is 1.19 bits per heavy atom. The molecule has 0 N–H and O–H groups in total. The Morgan fingerprint density at radius 3 is 2.56 bits per heavy atom. The summed E-state index contributed by atoms with van der Waals surface area (Å²) in [7, 11) is 0. The second-order valence-corrected chi connectivity index (χ2v) is 7.51. The topological polar surface area (TPSA) is 45.7 Å². The number of carbonyl (C=O) groups is 1. The van der Waals surface area contributed by atoms with Crippen LogP contribution in [0.1, 0.15) is 35.3 Å². The van der Waals surface area contributed by atoms with E-state index in [1.165, 1.54) is 11.1 Å². The number of carbonyl (C=O) groups excluding carboxylic acids is 1. The number of hydrogen-bond donors (Lipinski definition) is 0. The normalized spacial score (nSPS) is 14.4. The van der Waals surface area contributed by atoms with Gasteiger partial charge >= 0.3 is 0 Å². The van der Waals surface area contributed by atoms with Crippen molar-refractivity contribution in [2.45, 2.75) is 27.3 Å².